The summed E-state index contributed by atoms with van der Waals surface area (Å²) >= 11 is 12.2. The van der Waals surface area contributed by atoms with Crippen molar-refractivity contribution in [3.05, 3.63) is 52.4 Å². The van der Waals surface area contributed by atoms with Crippen LogP contribution in [0.2, 0.25) is 10.0 Å². The van der Waals surface area contributed by atoms with Crippen molar-refractivity contribution in [1.29, 1.82) is 0 Å². The first kappa shape index (κ1) is 24.5. The number of nitrogens with two attached hydrogens (primary N) is 1. The lowest BCUT2D eigenvalue weighted by Gasteiger charge is -2.33. The summed E-state index contributed by atoms with van der Waals surface area (Å²) < 4.78 is 16.3. The molecule has 2 unspecified atom stereocenters. The van der Waals surface area contributed by atoms with Gasteiger partial charge in [0.15, 0.2) is 0 Å². The number of halogens is 3. The first-order valence-electron chi connectivity index (χ1n) is 11.7. The van der Waals surface area contributed by atoms with Crippen molar-refractivity contribution in [1.82, 2.24) is 24.4 Å². The quantitative estimate of drug-likeness (QED) is 0.476. The van der Waals surface area contributed by atoms with Crippen LogP contribution in [-0.4, -0.2) is 55.4 Å². The summed E-state index contributed by atoms with van der Waals surface area (Å²) in [5, 5.41) is 3.95. The molecule has 5 rings (SSSR count). The number of carbonyl (C=O) groups excluding carboxylic acids is 2. The number of anilines is 1. The van der Waals surface area contributed by atoms with Crippen molar-refractivity contribution in [3.8, 4) is 17.2 Å². The van der Waals surface area contributed by atoms with E-state index in [1.807, 2.05) is 4.90 Å². The molecule has 2 aromatic heterocycles. The van der Waals surface area contributed by atoms with Gasteiger partial charge in [-0.15, -0.1) is 0 Å². The Morgan fingerprint density at radius 2 is 1.94 bits per heavy atom. The second-order valence-electron chi connectivity index (χ2n) is 9.02. The Labute approximate surface area is 216 Å². The number of primary amides is 1. The number of amides is 2. The number of nitrogens with zero attached hydrogens (tertiary/aromatic N) is 5. The van der Waals surface area contributed by atoms with E-state index in [-0.39, 0.29) is 29.4 Å². The lowest BCUT2D eigenvalue weighted by atomic mass is 10.1. The molecule has 3 aromatic rings. The Morgan fingerprint density at radius 1 is 1.14 bits per heavy atom. The molecule has 1 aromatic carbocycles. The Hall–Kier alpha value is -3.24. The number of aromatic nitrogens is 4. The van der Waals surface area contributed by atoms with E-state index >= 15 is 0 Å². The van der Waals surface area contributed by atoms with E-state index in [1.54, 1.807) is 24.3 Å². The summed E-state index contributed by atoms with van der Waals surface area (Å²) in [6, 6.07) is 6.44. The molecule has 1 aliphatic carbocycles. The van der Waals surface area contributed by atoms with Crippen molar-refractivity contribution in [2.24, 2.45) is 11.7 Å². The summed E-state index contributed by atoms with van der Waals surface area (Å²) in [4.78, 5) is 39.3. The summed E-state index contributed by atoms with van der Waals surface area (Å²) in [5.41, 5.74) is 5.72. The summed E-state index contributed by atoms with van der Waals surface area (Å²) in [7, 11) is 0. The number of nitrogens with one attached hydrogen (secondary N) is 1. The number of imidazole rings is 1. The molecule has 9 nitrogen and oxygen atoms in total. The largest absolute Gasteiger partial charge is 0.367 e. The Kier molecular flexibility index (Phi) is 6.81. The van der Waals surface area contributed by atoms with E-state index in [0.29, 0.717) is 33.9 Å². The van der Waals surface area contributed by atoms with Crippen LogP contribution in [0.25, 0.3) is 17.2 Å². The Morgan fingerprint density at radius 3 is 2.67 bits per heavy atom. The Bertz CT molecular complexity index is 1310. The van der Waals surface area contributed by atoms with Crippen LogP contribution in [0.3, 0.4) is 0 Å². The minimum atomic E-state index is -2.11. The van der Waals surface area contributed by atoms with Gasteiger partial charge in [0.2, 0.25) is 18.0 Å². The molecule has 0 bridgehead atoms. The van der Waals surface area contributed by atoms with Gasteiger partial charge in [-0.1, -0.05) is 23.2 Å². The molecular formula is C24H24Cl2FN7O2. The number of hydrogen-bond acceptors (Lipinski definition) is 6. The number of hydrogen-bond donors (Lipinski definition) is 2. The third-order valence-electron chi connectivity index (χ3n) is 6.34. The highest BCUT2D eigenvalue weighted by molar-refractivity contribution is 6.42. The van der Waals surface area contributed by atoms with Crippen LogP contribution in [-0.2, 0) is 9.59 Å². The van der Waals surface area contributed by atoms with Crippen molar-refractivity contribution in [2.75, 3.05) is 18.4 Å². The van der Waals surface area contributed by atoms with Gasteiger partial charge >= 0.3 is 0 Å². The fourth-order valence-electron chi connectivity index (χ4n) is 4.38. The summed E-state index contributed by atoms with van der Waals surface area (Å²) in [5.74, 6) is 0.134. The Balaban J connectivity index is 1.46. The molecule has 2 aliphatic rings. The van der Waals surface area contributed by atoms with Gasteiger partial charge in [0, 0.05) is 36.8 Å². The third-order valence-corrected chi connectivity index (χ3v) is 7.08. The van der Waals surface area contributed by atoms with Crippen molar-refractivity contribution < 1.29 is 14.0 Å². The second kappa shape index (κ2) is 10.0. The molecule has 2 fully saturated rings. The minimum Gasteiger partial charge on any atom is -0.367 e. The molecule has 1 aliphatic heterocycles. The van der Waals surface area contributed by atoms with Crippen LogP contribution in [0.5, 0.6) is 0 Å². The predicted molar refractivity (Wildman–Crippen MR) is 134 cm³/mol. The maximum absolute atomic E-state index is 14.9. The fraction of sp³-hybridized carbons (Fsp3) is 0.375. The molecule has 2 atom stereocenters. The van der Waals surface area contributed by atoms with E-state index in [9.17, 15) is 14.0 Å². The normalized spacial score (nSPS) is 18.6. The summed E-state index contributed by atoms with van der Waals surface area (Å²) in [6.45, 7) is 1.33. The van der Waals surface area contributed by atoms with Crippen molar-refractivity contribution in [2.45, 2.75) is 37.9 Å². The topological polar surface area (TPSA) is 119 Å². The van der Waals surface area contributed by atoms with Crippen LogP contribution in [0.4, 0.5) is 10.3 Å². The molecule has 188 valence electrons. The first-order valence-corrected chi connectivity index (χ1v) is 12.4. The highest BCUT2D eigenvalue weighted by atomic mass is 35.5. The van der Waals surface area contributed by atoms with E-state index in [4.69, 9.17) is 28.9 Å². The maximum atomic E-state index is 14.9. The van der Waals surface area contributed by atoms with E-state index in [0.717, 1.165) is 32.2 Å². The molecule has 1 saturated heterocycles. The molecule has 36 heavy (non-hydrogen) atoms. The van der Waals surface area contributed by atoms with E-state index < -0.39 is 12.1 Å². The van der Waals surface area contributed by atoms with Crippen molar-refractivity contribution in [3.63, 3.8) is 0 Å². The molecule has 1 saturated carbocycles. The van der Waals surface area contributed by atoms with Crippen LogP contribution in [0.1, 0.15) is 37.5 Å². The highest BCUT2D eigenvalue weighted by Gasteiger charge is 2.35. The zero-order valence-corrected chi connectivity index (χ0v) is 20.7. The standard InChI is InChI=1S/C24H24Cl2FN7O2/c25-16-6-5-14(10-17(16)26)22-30-11-18(20(27)21(28)35)34(22)19-7-8-29-24(32-19)31-15-2-1-9-33(12-15)23(36)13-3-4-13/h5-8,10-11,13,15,20H,1-4,9,12H2,(H2,28,35)(H,29,31,32). The van der Waals surface area contributed by atoms with Gasteiger partial charge < -0.3 is 16.0 Å². The van der Waals surface area contributed by atoms with E-state index in [1.165, 1.54) is 17.0 Å². The van der Waals surface area contributed by atoms with Gasteiger partial charge in [-0.25, -0.2) is 14.4 Å². The molecule has 3 heterocycles. The number of benzene rings is 1. The lowest BCUT2D eigenvalue weighted by Crippen LogP contribution is -2.45. The smallest absolute Gasteiger partial charge is 0.258 e. The van der Waals surface area contributed by atoms with Gasteiger partial charge in [-0.2, -0.15) is 4.98 Å². The van der Waals surface area contributed by atoms with Gasteiger partial charge in [0.05, 0.1) is 21.9 Å². The molecule has 2 amide bonds. The summed E-state index contributed by atoms with van der Waals surface area (Å²) in [6.07, 6.45) is 4.33. The van der Waals surface area contributed by atoms with E-state index in [2.05, 4.69) is 20.3 Å². The highest BCUT2D eigenvalue weighted by Crippen LogP contribution is 2.33. The van der Waals surface area contributed by atoms with Gasteiger partial charge in [0.25, 0.3) is 5.91 Å². The molecule has 0 spiro atoms. The SMILES string of the molecule is NC(=O)C(F)c1cnc(-c2ccc(Cl)c(Cl)c2)n1-c1ccnc(NC2CCCN(C(=O)C3CC3)C2)n1. The molecule has 3 N–H and O–H groups in total. The zero-order chi connectivity index (χ0) is 25.4. The monoisotopic (exact) mass is 531 g/mol. The number of likely N-dealkylation sites (tertiary alicyclic amines) is 1. The molecular weight excluding hydrogens is 508 g/mol. The molecule has 0 radical (unpaired) electrons. The number of piperidine rings is 1. The first-order chi connectivity index (χ1) is 17.3. The number of rotatable bonds is 7. The van der Waals surface area contributed by atoms with Gasteiger partial charge in [0.1, 0.15) is 11.6 Å². The average Bonchev–Trinajstić information content (AvgIpc) is 3.63. The zero-order valence-electron chi connectivity index (χ0n) is 19.2. The van der Waals surface area contributed by atoms with Crippen molar-refractivity contribution >= 4 is 41.0 Å². The van der Waals surface area contributed by atoms with Crippen LogP contribution < -0.4 is 11.1 Å². The van der Waals surface area contributed by atoms with Crippen LogP contribution >= 0.6 is 23.2 Å². The lowest BCUT2D eigenvalue weighted by molar-refractivity contribution is -0.133. The predicted octanol–water partition coefficient (Wildman–Crippen LogP) is 3.94. The number of alkyl halides is 1. The average molecular weight is 532 g/mol. The minimum absolute atomic E-state index is 0.0203. The number of carbonyl (C=O) groups is 2. The fourth-order valence-corrected chi connectivity index (χ4v) is 4.68. The third kappa shape index (κ3) is 5.01. The van der Waals surface area contributed by atoms with Gasteiger partial charge in [-0.3, -0.25) is 14.2 Å². The maximum Gasteiger partial charge on any atom is 0.258 e. The van der Waals surface area contributed by atoms with Gasteiger partial charge in [-0.05, 0) is 49.9 Å². The molecule has 12 heteroatoms. The second-order valence-corrected chi connectivity index (χ2v) is 9.83. The van der Waals surface area contributed by atoms with Crippen LogP contribution in [0.15, 0.2) is 36.7 Å². The van der Waals surface area contributed by atoms with Crippen LogP contribution in [0, 0.1) is 5.92 Å².